The third kappa shape index (κ3) is 2.62. The number of carbonyl (C=O) groups excluding carboxylic acids is 1. The molecule has 1 aliphatic heterocycles. The molecule has 2 aromatic rings. The number of halogens is 1. The predicted octanol–water partition coefficient (Wildman–Crippen LogP) is 3.93. The van der Waals surface area contributed by atoms with Gasteiger partial charge in [-0.1, -0.05) is 12.1 Å². The van der Waals surface area contributed by atoms with Crippen LogP contribution in [0.5, 0.6) is 11.5 Å². The first-order chi connectivity index (χ1) is 10.6. The maximum Gasteiger partial charge on any atom is 0.231 e. The lowest BCUT2D eigenvalue weighted by molar-refractivity contribution is 0.101. The fourth-order valence-corrected chi connectivity index (χ4v) is 2.50. The average molecular weight is 301 g/mol. The van der Waals surface area contributed by atoms with Crippen LogP contribution in [-0.2, 0) is 0 Å². The quantitative estimate of drug-likeness (QED) is 0.869. The zero-order chi connectivity index (χ0) is 15.7. The molecule has 5 heteroatoms. The summed E-state index contributed by atoms with van der Waals surface area (Å²) in [5, 5.41) is 3.18. The van der Waals surface area contributed by atoms with Crippen molar-refractivity contribution < 1.29 is 18.7 Å². The summed E-state index contributed by atoms with van der Waals surface area (Å²) in [6, 6.07) is 10.1. The fourth-order valence-electron chi connectivity index (χ4n) is 2.50. The van der Waals surface area contributed by atoms with E-state index in [2.05, 4.69) is 5.32 Å². The second kappa shape index (κ2) is 5.67. The summed E-state index contributed by atoms with van der Waals surface area (Å²) in [7, 11) is 0. The Labute approximate surface area is 127 Å². The zero-order valence-electron chi connectivity index (χ0n) is 12.4. The molecule has 0 fully saturated rings. The number of fused-ring (bicyclic) bond motifs is 1. The Morgan fingerprint density at radius 1 is 1.23 bits per heavy atom. The number of hydrogen-bond donors (Lipinski definition) is 1. The van der Waals surface area contributed by atoms with E-state index in [0.29, 0.717) is 17.2 Å². The van der Waals surface area contributed by atoms with E-state index in [1.807, 2.05) is 25.1 Å². The summed E-state index contributed by atoms with van der Waals surface area (Å²) < 4.78 is 24.5. The Hall–Kier alpha value is -2.56. The Balaban J connectivity index is 1.87. The van der Waals surface area contributed by atoms with Crippen molar-refractivity contribution in [3.8, 4) is 11.5 Å². The van der Waals surface area contributed by atoms with Gasteiger partial charge in [0.2, 0.25) is 6.79 Å². The van der Waals surface area contributed by atoms with E-state index in [-0.39, 0.29) is 24.2 Å². The first-order valence-corrected chi connectivity index (χ1v) is 7.02. The Bertz CT molecular complexity index is 730. The number of ether oxygens (including phenoxy) is 2. The van der Waals surface area contributed by atoms with E-state index in [1.165, 1.54) is 13.0 Å². The Morgan fingerprint density at radius 2 is 2.00 bits per heavy atom. The summed E-state index contributed by atoms with van der Waals surface area (Å²) >= 11 is 0. The summed E-state index contributed by atoms with van der Waals surface area (Å²) in [6.07, 6.45) is 0. The van der Waals surface area contributed by atoms with Crippen LogP contribution in [0.4, 0.5) is 10.1 Å². The SMILES string of the molecule is CC(=O)c1c(F)cccc1NC(C)c1ccc2c(c1)OCO2. The Kier molecular flexibility index (Phi) is 3.71. The lowest BCUT2D eigenvalue weighted by Gasteiger charge is -2.18. The van der Waals surface area contributed by atoms with Crippen LogP contribution in [-0.4, -0.2) is 12.6 Å². The van der Waals surface area contributed by atoms with Gasteiger partial charge in [0.1, 0.15) is 5.82 Å². The molecular weight excluding hydrogens is 285 g/mol. The second-order valence-electron chi connectivity index (χ2n) is 5.20. The molecule has 4 nitrogen and oxygen atoms in total. The van der Waals surface area contributed by atoms with Crippen molar-refractivity contribution in [1.82, 2.24) is 0 Å². The van der Waals surface area contributed by atoms with Crippen LogP contribution in [0.25, 0.3) is 0 Å². The number of Topliss-reactive ketones (excluding diaryl/α,β-unsaturated/α-hetero) is 1. The van der Waals surface area contributed by atoms with Crippen molar-refractivity contribution in [3.63, 3.8) is 0 Å². The van der Waals surface area contributed by atoms with Crippen molar-refractivity contribution >= 4 is 11.5 Å². The molecule has 0 aromatic heterocycles. The molecule has 0 spiro atoms. The van der Waals surface area contributed by atoms with E-state index in [9.17, 15) is 9.18 Å². The highest BCUT2D eigenvalue weighted by Gasteiger charge is 2.18. The number of nitrogens with one attached hydrogen (secondary N) is 1. The molecule has 1 aliphatic rings. The number of anilines is 1. The van der Waals surface area contributed by atoms with Gasteiger partial charge in [0.25, 0.3) is 0 Å². The topological polar surface area (TPSA) is 47.6 Å². The number of benzene rings is 2. The minimum absolute atomic E-state index is 0.0788. The molecule has 0 saturated carbocycles. The van der Waals surface area contributed by atoms with Crippen LogP contribution in [0.15, 0.2) is 36.4 Å². The minimum Gasteiger partial charge on any atom is -0.454 e. The molecule has 22 heavy (non-hydrogen) atoms. The van der Waals surface area contributed by atoms with Gasteiger partial charge in [0, 0.05) is 11.7 Å². The highest BCUT2D eigenvalue weighted by molar-refractivity contribution is 5.99. The lowest BCUT2D eigenvalue weighted by atomic mass is 10.0. The Morgan fingerprint density at radius 3 is 2.77 bits per heavy atom. The molecule has 0 saturated heterocycles. The van der Waals surface area contributed by atoms with Gasteiger partial charge >= 0.3 is 0 Å². The predicted molar refractivity (Wildman–Crippen MR) is 81.0 cm³/mol. The minimum atomic E-state index is -0.518. The van der Waals surface area contributed by atoms with Gasteiger partial charge in [0.05, 0.1) is 5.56 Å². The standard InChI is InChI=1S/C17H16FNO3/c1-10(12-6-7-15-16(8-12)22-9-21-15)19-14-5-3-4-13(18)17(14)11(2)20/h3-8,10,19H,9H2,1-2H3. The third-order valence-corrected chi connectivity index (χ3v) is 3.63. The first kappa shape index (κ1) is 14.4. The maximum absolute atomic E-state index is 13.8. The monoisotopic (exact) mass is 301 g/mol. The highest BCUT2D eigenvalue weighted by Crippen LogP contribution is 2.35. The van der Waals surface area contributed by atoms with Gasteiger partial charge in [-0.3, -0.25) is 4.79 Å². The molecule has 1 heterocycles. The molecule has 114 valence electrons. The number of ketones is 1. The van der Waals surface area contributed by atoms with Gasteiger partial charge in [-0.15, -0.1) is 0 Å². The molecular formula is C17H16FNO3. The molecule has 0 amide bonds. The number of carbonyl (C=O) groups is 1. The molecule has 1 atom stereocenters. The van der Waals surface area contributed by atoms with Crippen LogP contribution in [0, 0.1) is 5.82 Å². The molecule has 1 unspecified atom stereocenters. The molecule has 0 radical (unpaired) electrons. The lowest BCUT2D eigenvalue weighted by Crippen LogP contribution is -2.11. The van der Waals surface area contributed by atoms with Gasteiger partial charge < -0.3 is 14.8 Å². The van der Waals surface area contributed by atoms with Crippen LogP contribution in [0.3, 0.4) is 0 Å². The van der Waals surface area contributed by atoms with E-state index < -0.39 is 5.82 Å². The summed E-state index contributed by atoms with van der Waals surface area (Å²) in [5.41, 5.74) is 1.52. The van der Waals surface area contributed by atoms with Gasteiger partial charge in [-0.05, 0) is 43.7 Å². The zero-order valence-corrected chi connectivity index (χ0v) is 12.4. The third-order valence-electron chi connectivity index (χ3n) is 3.63. The van der Waals surface area contributed by atoms with Gasteiger partial charge in [-0.2, -0.15) is 0 Å². The smallest absolute Gasteiger partial charge is 0.231 e. The highest BCUT2D eigenvalue weighted by atomic mass is 19.1. The molecule has 0 aliphatic carbocycles. The average Bonchev–Trinajstić information content (AvgIpc) is 2.94. The molecule has 1 N–H and O–H groups in total. The fraction of sp³-hybridized carbons (Fsp3) is 0.235. The van der Waals surface area contributed by atoms with Crippen LogP contribution < -0.4 is 14.8 Å². The molecule has 3 rings (SSSR count). The largest absolute Gasteiger partial charge is 0.454 e. The maximum atomic E-state index is 13.8. The summed E-state index contributed by atoms with van der Waals surface area (Å²) in [4.78, 5) is 11.6. The van der Waals surface area contributed by atoms with Gasteiger partial charge in [-0.25, -0.2) is 4.39 Å². The first-order valence-electron chi connectivity index (χ1n) is 7.02. The van der Waals surface area contributed by atoms with Crippen molar-refractivity contribution in [1.29, 1.82) is 0 Å². The number of hydrogen-bond acceptors (Lipinski definition) is 4. The van der Waals surface area contributed by atoms with Crippen LogP contribution >= 0.6 is 0 Å². The van der Waals surface area contributed by atoms with Crippen LogP contribution in [0.2, 0.25) is 0 Å². The van der Waals surface area contributed by atoms with Crippen molar-refractivity contribution in [2.24, 2.45) is 0 Å². The van der Waals surface area contributed by atoms with E-state index in [4.69, 9.17) is 9.47 Å². The van der Waals surface area contributed by atoms with Gasteiger partial charge in [0.15, 0.2) is 17.3 Å². The summed E-state index contributed by atoms with van der Waals surface area (Å²) in [5.74, 6) is 0.581. The molecule has 2 aromatic carbocycles. The van der Waals surface area contributed by atoms with E-state index >= 15 is 0 Å². The van der Waals surface area contributed by atoms with Crippen molar-refractivity contribution in [2.45, 2.75) is 19.9 Å². The van der Waals surface area contributed by atoms with E-state index in [1.54, 1.807) is 12.1 Å². The van der Waals surface area contributed by atoms with Crippen molar-refractivity contribution in [2.75, 3.05) is 12.1 Å². The normalized spacial score (nSPS) is 13.8. The number of rotatable bonds is 4. The van der Waals surface area contributed by atoms with E-state index in [0.717, 1.165) is 5.56 Å². The van der Waals surface area contributed by atoms with Crippen LogP contribution in [0.1, 0.15) is 35.8 Å². The second-order valence-corrected chi connectivity index (χ2v) is 5.20. The van der Waals surface area contributed by atoms with Crippen molar-refractivity contribution in [3.05, 3.63) is 53.3 Å². The summed E-state index contributed by atoms with van der Waals surface area (Å²) in [6.45, 7) is 3.51. The molecule has 0 bridgehead atoms.